The van der Waals surface area contributed by atoms with Crippen molar-refractivity contribution in [3.8, 4) is 0 Å². The first-order valence-electron chi connectivity index (χ1n) is 4.47. The van der Waals surface area contributed by atoms with Gasteiger partial charge in [-0.3, -0.25) is 4.79 Å². The van der Waals surface area contributed by atoms with E-state index in [2.05, 4.69) is 6.92 Å². The van der Waals surface area contributed by atoms with Gasteiger partial charge in [-0.05, 0) is 25.5 Å². The van der Waals surface area contributed by atoms with Crippen LogP contribution >= 0.6 is 11.3 Å². The number of hydrogen-bond acceptors (Lipinski definition) is 2. The van der Waals surface area contributed by atoms with E-state index in [0.717, 1.165) is 17.8 Å². The van der Waals surface area contributed by atoms with E-state index >= 15 is 0 Å². The predicted molar refractivity (Wildman–Crippen MR) is 56.3 cm³/mol. The first-order chi connectivity index (χ1) is 6.15. The van der Waals surface area contributed by atoms with Gasteiger partial charge in [-0.1, -0.05) is 6.92 Å². The Kier molecular flexibility index (Phi) is 3.48. The van der Waals surface area contributed by atoms with Gasteiger partial charge in [0.25, 0.3) is 5.91 Å². The van der Waals surface area contributed by atoms with Crippen LogP contribution in [0, 0.1) is 6.92 Å². The molecule has 0 aliphatic rings. The lowest BCUT2D eigenvalue weighted by Gasteiger charge is -2.14. The van der Waals surface area contributed by atoms with Crippen molar-refractivity contribution < 1.29 is 4.79 Å². The molecule has 0 spiro atoms. The molecule has 3 heteroatoms. The van der Waals surface area contributed by atoms with Gasteiger partial charge >= 0.3 is 0 Å². The minimum Gasteiger partial charge on any atom is -0.341 e. The molecule has 0 unspecified atom stereocenters. The number of aryl methyl sites for hydroxylation is 1. The van der Waals surface area contributed by atoms with Gasteiger partial charge in [-0.25, -0.2) is 0 Å². The SMILES string of the molecule is CCCN(C)C(=O)c1ccc(C)s1. The summed E-state index contributed by atoms with van der Waals surface area (Å²) in [5.74, 6) is 0.139. The van der Waals surface area contributed by atoms with Crippen LogP contribution < -0.4 is 0 Å². The van der Waals surface area contributed by atoms with Crippen molar-refractivity contribution in [2.45, 2.75) is 20.3 Å². The summed E-state index contributed by atoms with van der Waals surface area (Å²) in [5, 5.41) is 0. The van der Waals surface area contributed by atoms with E-state index in [0.29, 0.717) is 0 Å². The maximum atomic E-state index is 11.7. The lowest BCUT2D eigenvalue weighted by molar-refractivity contribution is 0.0800. The van der Waals surface area contributed by atoms with Crippen molar-refractivity contribution in [2.24, 2.45) is 0 Å². The Morgan fingerprint density at radius 3 is 2.69 bits per heavy atom. The summed E-state index contributed by atoms with van der Waals surface area (Å²) in [6.07, 6.45) is 1.01. The zero-order valence-electron chi connectivity index (χ0n) is 8.33. The van der Waals surface area contributed by atoms with Gasteiger partial charge in [-0.15, -0.1) is 11.3 Å². The van der Waals surface area contributed by atoms with Gasteiger partial charge in [0.2, 0.25) is 0 Å². The summed E-state index contributed by atoms with van der Waals surface area (Å²) >= 11 is 1.56. The molecule has 13 heavy (non-hydrogen) atoms. The van der Waals surface area contributed by atoms with Crippen LogP contribution in [0.15, 0.2) is 12.1 Å². The summed E-state index contributed by atoms with van der Waals surface area (Å²) in [4.78, 5) is 15.5. The molecular formula is C10H15NOS. The van der Waals surface area contributed by atoms with Crippen LogP contribution in [0.4, 0.5) is 0 Å². The topological polar surface area (TPSA) is 20.3 Å². The lowest BCUT2D eigenvalue weighted by atomic mass is 10.3. The Balaban J connectivity index is 2.67. The molecule has 1 rings (SSSR count). The van der Waals surface area contributed by atoms with Crippen LogP contribution in [0.5, 0.6) is 0 Å². The zero-order chi connectivity index (χ0) is 9.84. The van der Waals surface area contributed by atoms with Gasteiger partial charge in [0, 0.05) is 18.5 Å². The second-order valence-corrected chi connectivity index (χ2v) is 4.42. The smallest absolute Gasteiger partial charge is 0.263 e. The van der Waals surface area contributed by atoms with E-state index in [9.17, 15) is 4.79 Å². The summed E-state index contributed by atoms with van der Waals surface area (Å²) in [5.41, 5.74) is 0. The number of rotatable bonds is 3. The second-order valence-electron chi connectivity index (χ2n) is 3.14. The molecule has 1 heterocycles. The van der Waals surface area contributed by atoms with Gasteiger partial charge in [0.15, 0.2) is 0 Å². The van der Waals surface area contributed by atoms with Gasteiger partial charge in [0.05, 0.1) is 4.88 Å². The van der Waals surface area contributed by atoms with Crippen molar-refractivity contribution >= 4 is 17.2 Å². The summed E-state index contributed by atoms with van der Waals surface area (Å²) in [6.45, 7) is 4.92. The fourth-order valence-corrected chi connectivity index (χ4v) is 2.04. The Labute approximate surface area is 83.2 Å². The molecule has 0 fully saturated rings. The summed E-state index contributed by atoms with van der Waals surface area (Å²) in [6, 6.07) is 3.88. The van der Waals surface area contributed by atoms with Gasteiger partial charge in [0.1, 0.15) is 0 Å². The highest BCUT2D eigenvalue weighted by Gasteiger charge is 2.11. The number of carbonyl (C=O) groups is 1. The molecule has 0 saturated heterocycles. The third-order valence-corrected chi connectivity index (χ3v) is 2.85. The Morgan fingerprint density at radius 2 is 2.23 bits per heavy atom. The number of nitrogens with zero attached hydrogens (tertiary/aromatic N) is 1. The van der Waals surface area contributed by atoms with Crippen LogP contribution in [0.2, 0.25) is 0 Å². The van der Waals surface area contributed by atoms with Crippen molar-refractivity contribution in [3.63, 3.8) is 0 Å². The Morgan fingerprint density at radius 1 is 1.54 bits per heavy atom. The van der Waals surface area contributed by atoms with Crippen LogP contribution in [0.25, 0.3) is 0 Å². The van der Waals surface area contributed by atoms with E-state index in [-0.39, 0.29) is 5.91 Å². The first-order valence-corrected chi connectivity index (χ1v) is 5.28. The first kappa shape index (κ1) is 10.3. The summed E-state index contributed by atoms with van der Waals surface area (Å²) in [7, 11) is 1.85. The molecule has 2 nitrogen and oxygen atoms in total. The van der Waals surface area contributed by atoms with Crippen molar-refractivity contribution in [1.29, 1.82) is 0 Å². The standard InChI is InChI=1S/C10H15NOS/c1-4-7-11(3)10(12)9-6-5-8(2)13-9/h5-6H,4,7H2,1-3H3. The Hall–Kier alpha value is -0.830. The maximum Gasteiger partial charge on any atom is 0.263 e. The fraction of sp³-hybridized carbons (Fsp3) is 0.500. The van der Waals surface area contributed by atoms with Crippen LogP contribution in [0.3, 0.4) is 0 Å². The fourth-order valence-electron chi connectivity index (χ4n) is 1.17. The quantitative estimate of drug-likeness (QED) is 0.729. The van der Waals surface area contributed by atoms with E-state index in [1.165, 1.54) is 4.88 Å². The average molecular weight is 197 g/mol. The molecule has 1 aromatic heterocycles. The molecule has 1 amide bonds. The molecule has 0 N–H and O–H groups in total. The molecular weight excluding hydrogens is 182 g/mol. The lowest BCUT2D eigenvalue weighted by Crippen LogP contribution is -2.26. The maximum absolute atomic E-state index is 11.7. The molecule has 0 radical (unpaired) electrons. The molecule has 0 bridgehead atoms. The molecule has 72 valence electrons. The third kappa shape index (κ3) is 2.56. The van der Waals surface area contributed by atoms with E-state index in [4.69, 9.17) is 0 Å². The van der Waals surface area contributed by atoms with Crippen LogP contribution in [-0.2, 0) is 0 Å². The van der Waals surface area contributed by atoms with Crippen molar-refractivity contribution in [2.75, 3.05) is 13.6 Å². The molecule has 0 aliphatic heterocycles. The normalized spacial score (nSPS) is 10.1. The average Bonchev–Trinajstić information content (AvgIpc) is 2.51. The largest absolute Gasteiger partial charge is 0.341 e. The van der Waals surface area contributed by atoms with Crippen LogP contribution in [-0.4, -0.2) is 24.4 Å². The molecule has 0 atom stereocenters. The third-order valence-electron chi connectivity index (χ3n) is 1.86. The highest BCUT2D eigenvalue weighted by Crippen LogP contribution is 2.16. The molecule has 0 aliphatic carbocycles. The monoisotopic (exact) mass is 197 g/mol. The minimum atomic E-state index is 0.139. The van der Waals surface area contributed by atoms with Crippen molar-refractivity contribution in [1.82, 2.24) is 4.90 Å². The molecule has 0 aromatic carbocycles. The zero-order valence-corrected chi connectivity index (χ0v) is 9.15. The predicted octanol–water partition coefficient (Wildman–Crippen LogP) is 2.54. The van der Waals surface area contributed by atoms with E-state index in [1.54, 1.807) is 16.2 Å². The van der Waals surface area contributed by atoms with Gasteiger partial charge < -0.3 is 4.90 Å². The van der Waals surface area contributed by atoms with Crippen molar-refractivity contribution in [3.05, 3.63) is 21.9 Å². The van der Waals surface area contributed by atoms with Gasteiger partial charge in [-0.2, -0.15) is 0 Å². The molecule has 1 aromatic rings. The minimum absolute atomic E-state index is 0.139. The highest BCUT2D eigenvalue weighted by molar-refractivity contribution is 7.13. The second kappa shape index (κ2) is 4.42. The highest BCUT2D eigenvalue weighted by atomic mass is 32.1. The molecule has 0 saturated carbocycles. The number of amides is 1. The van der Waals surface area contributed by atoms with E-state index in [1.807, 2.05) is 26.1 Å². The van der Waals surface area contributed by atoms with E-state index < -0.39 is 0 Å². The Bertz CT molecular complexity index is 293. The number of thiophene rings is 1. The number of hydrogen-bond donors (Lipinski definition) is 0. The summed E-state index contributed by atoms with van der Waals surface area (Å²) < 4.78 is 0. The van der Waals surface area contributed by atoms with Crippen LogP contribution in [0.1, 0.15) is 27.9 Å². The number of carbonyl (C=O) groups excluding carboxylic acids is 1.